The summed E-state index contributed by atoms with van der Waals surface area (Å²) in [6.45, 7) is 6.47. The average molecular weight is 349 g/mol. The highest BCUT2D eigenvalue weighted by Crippen LogP contribution is 2.26. The minimum atomic E-state index is -0.0460. The van der Waals surface area contributed by atoms with Crippen molar-refractivity contribution in [1.29, 1.82) is 0 Å². The van der Waals surface area contributed by atoms with Gasteiger partial charge in [0.1, 0.15) is 18.3 Å². The number of nitrogens with zero attached hydrogens (tertiary/aromatic N) is 4. The number of hydrogen-bond donors (Lipinski definition) is 1. The summed E-state index contributed by atoms with van der Waals surface area (Å²) in [4.78, 5) is 14.3. The maximum atomic E-state index is 12.5. The fourth-order valence-electron chi connectivity index (χ4n) is 2.89. The molecule has 1 N–H and O–H groups in total. The lowest BCUT2D eigenvalue weighted by Crippen LogP contribution is -2.50. The lowest BCUT2D eigenvalue weighted by Gasteiger charge is -2.36. The van der Waals surface area contributed by atoms with Gasteiger partial charge >= 0.3 is 6.03 Å². The van der Waals surface area contributed by atoms with Crippen molar-refractivity contribution in [3.05, 3.63) is 34.5 Å². The van der Waals surface area contributed by atoms with Gasteiger partial charge in [0, 0.05) is 26.1 Å². The molecule has 3 rings (SSSR count). The Morgan fingerprint density at radius 1 is 1.50 bits per heavy atom. The molecule has 2 aromatic rings. The fourth-order valence-corrected chi connectivity index (χ4v) is 3.60. The molecule has 0 aliphatic carbocycles. The van der Waals surface area contributed by atoms with Gasteiger partial charge in [-0.25, -0.2) is 4.79 Å². The highest BCUT2D eigenvalue weighted by atomic mass is 32.1. The van der Waals surface area contributed by atoms with Crippen LogP contribution in [0.2, 0.25) is 0 Å². The highest BCUT2D eigenvalue weighted by molar-refractivity contribution is 7.07. The Morgan fingerprint density at radius 3 is 3.12 bits per heavy atom. The second-order valence-electron chi connectivity index (χ2n) is 5.92. The molecule has 7 nitrogen and oxygen atoms in total. The minimum absolute atomic E-state index is 0.0268. The molecule has 3 heterocycles. The highest BCUT2D eigenvalue weighted by Gasteiger charge is 2.29. The van der Waals surface area contributed by atoms with E-state index in [2.05, 4.69) is 27.0 Å². The third kappa shape index (κ3) is 3.93. The number of carbonyl (C=O) groups excluding carboxylic acids is 1. The Bertz CT molecular complexity index is 657. The zero-order chi connectivity index (χ0) is 16.9. The summed E-state index contributed by atoms with van der Waals surface area (Å²) in [6, 6.07) is 2.01. The number of ether oxygens (including phenoxy) is 1. The summed E-state index contributed by atoms with van der Waals surface area (Å²) >= 11 is 1.65. The van der Waals surface area contributed by atoms with E-state index in [0.29, 0.717) is 26.2 Å². The van der Waals surface area contributed by atoms with Crippen molar-refractivity contribution in [3.8, 4) is 0 Å². The smallest absolute Gasteiger partial charge is 0.317 e. The zero-order valence-corrected chi connectivity index (χ0v) is 14.8. The predicted molar refractivity (Wildman–Crippen MR) is 92.0 cm³/mol. The number of morpholine rings is 1. The van der Waals surface area contributed by atoms with Crippen LogP contribution >= 0.6 is 11.3 Å². The molecular weight excluding hydrogens is 326 g/mol. The van der Waals surface area contributed by atoms with Gasteiger partial charge in [-0.05, 0) is 29.3 Å². The van der Waals surface area contributed by atoms with Crippen LogP contribution in [0.15, 0.2) is 23.2 Å². The Labute approximate surface area is 145 Å². The molecule has 1 saturated heterocycles. The summed E-state index contributed by atoms with van der Waals surface area (Å²) < 4.78 is 7.94. The van der Waals surface area contributed by atoms with Crippen LogP contribution in [0.4, 0.5) is 4.79 Å². The minimum Gasteiger partial charge on any atom is -0.367 e. The van der Waals surface area contributed by atoms with E-state index in [1.165, 1.54) is 0 Å². The molecule has 1 aliphatic heterocycles. The maximum absolute atomic E-state index is 12.5. The molecule has 24 heavy (non-hydrogen) atoms. The van der Waals surface area contributed by atoms with Gasteiger partial charge in [-0.2, -0.15) is 11.3 Å². The van der Waals surface area contributed by atoms with Crippen LogP contribution in [-0.4, -0.2) is 51.4 Å². The van der Waals surface area contributed by atoms with E-state index in [-0.39, 0.29) is 18.2 Å². The van der Waals surface area contributed by atoms with Crippen molar-refractivity contribution in [3.63, 3.8) is 0 Å². The van der Waals surface area contributed by atoms with Crippen LogP contribution in [0.3, 0.4) is 0 Å². The summed E-state index contributed by atoms with van der Waals surface area (Å²) in [5, 5.41) is 15.0. The lowest BCUT2D eigenvalue weighted by atomic mass is 10.1. The largest absolute Gasteiger partial charge is 0.367 e. The second-order valence-corrected chi connectivity index (χ2v) is 6.70. The molecule has 0 aromatic carbocycles. The summed E-state index contributed by atoms with van der Waals surface area (Å²) in [5.41, 5.74) is 1.14. The predicted octanol–water partition coefficient (Wildman–Crippen LogP) is 2.07. The summed E-state index contributed by atoms with van der Waals surface area (Å²) in [7, 11) is 0. The molecule has 0 saturated carbocycles. The molecule has 0 spiro atoms. The summed E-state index contributed by atoms with van der Waals surface area (Å²) in [6.07, 6.45) is 2.51. The SMILES string of the molecule is CCc1nncn1CCNC(=O)N1C[C@@H](C)O[C@@H](c2ccsc2)C1. The van der Waals surface area contributed by atoms with Gasteiger partial charge in [-0.15, -0.1) is 10.2 Å². The first kappa shape index (κ1) is 16.9. The molecule has 2 amide bonds. The Hall–Kier alpha value is -1.93. The Kier molecular flexibility index (Phi) is 5.47. The molecule has 1 fully saturated rings. The molecule has 0 radical (unpaired) electrons. The number of aryl methyl sites for hydroxylation is 1. The molecule has 0 unspecified atom stereocenters. The topological polar surface area (TPSA) is 72.3 Å². The van der Waals surface area contributed by atoms with E-state index in [1.54, 1.807) is 17.7 Å². The maximum Gasteiger partial charge on any atom is 0.317 e. The zero-order valence-electron chi connectivity index (χ0n) is 14.0. The lowest BCUT2D eigenvalue weighted by molar-refractivity contribution is -0.0654. The van der Waals surface area contributed by atoms with Gasteiger partial charge < -0.3 is 19.5 Å². The number of carbonyl (C=O) groups is 1. The monoisotopic (exact) mass is 349 g/mol. The molecule has 0 bridgehead atoms. The van der Waals surface area contributed by atoms with E-state index in [1.807, 2.05) is 28.7 Å². The van der Waals surface area contributed by atoms with Crippen LogP contribution in [0.25, 0.3) is 0 Å². The Morgan fingerprint density at radius 2 is 2.38 bits per heavy atom. The van der Waals surface area contributed by atoms with Gasteiger partial charge in [-0.3, -0.25) is 0 Å². The number of urea groups is 1. The number of hydrogen-bond acceptors (Lipinski definition) is 5. The van der Waals surface area contributed by atoms with E-state index in [4.69, 9.17) is 4.74 Å². The quantitative estimate of drug-likeness (QED) is 0.897. The van der Waals surface area contributed by atoms with Crippen molar-refractivity contribution < 1.29 is 9.53 Å². The number of rotatable bonds is 5. The van der Waals surface area contributed by atoms with Crippen molar-refractivity contribution in [2.75, 3.05) is 19.6 Å². The van der Waals surface area contributed by atoms with Crippen molar-refractivity contribution >= 4 is 17.4 Å². The number of thiophene rings is 1. The van der Waals surface area contributed by atoms with Crippen molar-refractivity contribution in [1.82, 2.24) is 25.0 Å². The molecular formula is C16H23N5O2S. The first-order chi connectivity index (χ1) is 11.7. The van der Waals surface area contributed by atoms with E-state index in [9.17, 15) is 4.79 Å². The normalized spacial score (nSPS) is 21.0. The van der Waals surface area contributed by atoms with E-state index >= 15 is 0 Å². The van der Waals surface area contributed by atoms with Crippen LogP contribution in [0.1, 0.15) is 31.3 Å². The van der Waals surface area contributed by atoms with E-state index < -0.39 is 0 Å². The molecule has 130 valence electrons. The molecule has 2 atom stereocenters. The van der Waals surface area contributed by atoms with Crippen LogP contribution in [0, 0.1) is 0 Å². The first-order valence-corrected chi connectivity index (χ1v) is 9.18. The van der Waals surface area contributed by atoms with Gasteiger partial charge in [0.25, 0.3) is 0 Å². The molecule has 8 heteroatoms. The van der Waals surface area contributed by atoms with Gasteiger partial charge in [-0.1, -0.05) is 6.92 Å². The average Bonchev–Trinajstić information content (AvgIpc) is 3.25. The number of aromatic nitrogens is 3. The second kappa shape index (κ2) is 7.76. The number of amides is 2. The molecule has 2 aromatic heterocycles. The Balaban J connectivity index is 1.52. The van der Waals surface area contributed by atoms with Crippen molar-refractivity contribution in [2.45, 2.75) is 39.0 Å². The van der Waals surface area contributed by atoms with Crippen LogP contribution < -0.4 is 5.32 Å². The van der Waals surface area contributed by atoms with E-state index in [0.717, 1.165) is 17.8 Å². The third-order valence-corrected chi connectivity index (χ3v) is 4.80. The van der Waals surface area contributed by atoms with Crippen LogP contribution in [0.5, 0.6) is 0 Å². The van der Waals surface area contributed by atoms with Gasteiger partial charge in [0.05, 0.1) is 12.6 Å². The molecule has 1 aliphatic rings. The third-order valence-electron chi connectivity index (χ3n) is 4.10. The fraction of sp³-hybridized carbons (Fsp3) is 0.562. The van der Waals surface area contributed by atoms with Gasteiger partial charge in [0.2, 0.25) is 0 Å². The standard InChI is InChI=1S/C16H23N5O2S/c1-3-15-19-18-11-20(15)6-5-17-16(22)21-8-12(2)23-14(9-21)13-4-7-24-10-13/h4,7,10-12,14H,3,5-6,8-9H2,1-2H3,(H,17,22)/t12-,14-/m1/s1. The van der Waals surface area contributed by atoms with Crippen LogP contribution in [-0.2, 0) is 17.7 Å². The van der Waals surface area contributed by atoms with Gasteiger partial charge in [0.15, 0.2) is 0 Å². The first-order valence-electron chi connectivity index (χ1n) is 8.24. The van der Waals surface area contributed by atoms with Crippen molar-refractivity contribution in [2.24, 2.45) is 0 Å². The number of nitrogens with one attached hydrogen (secondary N) is 1. The summed E-state index contributed by atoms with van der Waals surface area (Å²) in [5.74, 6) is 0.932.